The molecule has 1 amide bonds. The van der Waals surface area contributed by atoms with Gasteiger partial charge in [-0.05, 0) is 45.8 Å². The third kappa shape index (κ3) is 5.49. The zero-order valence-electron chi connectivity index (χ0n) is 15.5. The van der Waals surface area contributed by atoms with Gasteiger partial charge in [0.2, 0.25) is 0 Å². The average Bonchev–Trinajstić information content (AvgIpc) is 2.59. The molecule has 132 valence electrons. The monoisotopic (exact) mass is 337 g/mol. The van der Waals surface area contributed by atoms with Crippen LogP contribution in [-0.4, -0.2) is 23.1 Å². The molecule has 0 spiro atoms. The second-order valence-electron chi connectivity index (χ2n) is 6.59. The number of hydrogen-bond acceptors (Lipinski definition) is 2. The normalized spacial score (nSPS) is 11.7. The molecule has 0 saturated heterocycles. The van der Waals surface area contributed by atoms with Crippen molar-refractivity contribution in [2.45, 2.75) is 46.2 Å². The highest BCUT2D eigenvalue weighted by atomic mass is 16.6. The molecular weight excluding hydrogens is 310 g/mol. The molecule has 0 atom stereocenters. The molecule has 2 aromatic carbocycles. The number of ether oxygens (including phenoxy) is 1. The third-order valence-electron chi connectivity index (χ3n) is 3.95. The van der Waals surface area contributed by atoms with Crippen LogP contribution in [0, 0.1) is 0 Å². The van der Waals surface area contributed by atoms with Crippen molar-refractivity contribution in [2.75, 3.05) is 0 Å². The van der Waals surface area contributed by atoms with E-state index in [1.807, 2.05) is 82.3 Å². The Morgan fingerprint density at radius 2 is 1.44 bits per heavy atom. The summed E-state index contributed by atoms with van der Waals surface area (Å²) in [5.41, 5.74) is 2.08. The quantitative estimate of drug-likeness (QED) is 0.649. The minimum atomic E-state index is -0.312. The van der Waals surface area contributed by atoms with Gasteiger partial charge in [0.25, 0.3) is 0 Å². The van der Waals surface area contributed by atoms with Gasteiger partial charge in [-0.3, -0.25) is 0 Å². The van der Waals surface area contributed by atoms with E-state index in [-0.39, 0.29) is 18.2 Å². The summed E-state index contributed by atoms with van der Waals surface area (Å²) in [5, 5.41) is 0. The zero-order chi connectivity index (χ0) is 18.2. The van der Waals surface area contributed by atoms with E-state index in [0.717, 1.165) is 5.56 Å². The largest absolute Gasteiger partial charge is 0.415 e. The molecule has 0 aliphatic rings. The summed E-state index contributed by atoms with van der Waals surface area (Å²) in [7, 11) is 0. The fourth-order valence-electron chi connectivity index (χ4n) is 2.81. The molecule has 0 aliphatic carbocycles. The van der Waals surface area contributed by atoms with Crippen molar-refractivity contribution in [1.29, 1.82) is 0 Å². The van der Waals surface area contributed by atoms with Gasteiger partial charge in [0, 0.05) is 17.6 Å². The van der Waals surface area contributed by atoms with Crippen molar-refractivity contribution < 1.29 is 9.53 Å². The second-order valence-corrected chi connectivity index (χ2v) is 6.59. The van der Waals surface area contributed by atoms with Crippen LogP contribution in [0.2, 0.25) is 0 Å². The smallest absolute Gasteiger partial charge is 0.410 e. The molecule has 2 rings (SSSR count). The summed E-state index contributed by atoms with van der Waals surface area (Å²) < 4.78 is 5.79. The number of rotatable bonds is 6. The molecule has 0 aromatic heterocycles. The summed E-state index contributed by atoms with van der Waals surface area (Å²) in [5.74, 6) is 0.598. The minimum Gasteiger partial charge on any atom is -0.410 e. The van der Waals surface area contributed by atoms with Gasteiger partial charge in [-0.2, -0.15) is 0 Å². The van der Waals surface area contributed by atoms with Crippen molar-refractivity contribution in [2.24, 2.45) is 0 Å². The Morgan fingerprint density at radius 3 is 1.96 bits per heavy atom. The van der Waals surface area contributed by atoms with Gasteiger partial charge < -0.3 is 9.64 Å². The molecule has 2 aromatic rings. The summed E-state index contributed by atoms with van der Waals surface area (Å²) in [6.07, 6.45) is 2.37. The predicted octanol–water partition coefficient (Wildman–Crippen LogP) is 5.53. The maximum atomic E-state index is 12.7. The molecule has 0 unspecified atom stereocenters. The predicted molar refractivity (Wildman–Crippen MR) is 103 cm³/mol. The van der Waals surface area contributed by atoms with E-state index in [2.05, 4.69) is 12.1 Å². The third-order valence-corrected chi connectivity index (χ3v) is 3.95. The van der Waals surface area contributed by atoms with Crippen LogP contribution >= 0.6 is 0 Å². The van der Waals surface area contributed by atoms with Crippen molar-refractivity contribution in [1.82, 2.24) is 4.90 Å². The number of amides is 1. The Balaban J connectivity index is 2.24. The lowest BCUT2D eigenvalue weighted by atomic mass is 10.1. The van der Waals surface area contributed by atoms with E-state index in [1.54, 1.807) is 4.90 Å². The van der Waals surface area contributed by atoms with Crippen molar-refractivity contribution in [3.8, 4) is 0 Å². The van der Waals surface area contributed by atoms with Crippen molar-refractivity contribution in [3.05, 3.63) is 77.9 Å². The number of hydrogen-bond donors (Lipinski definition) is 0. The van der Waals surface area contributed by atoms with E-state index >= 15 is 0 Å². The van der Waals surface area contributed by atoms with E-state index in [1.165, 1.54) is 5.56 Å². The molecular formula is C22H27NO2. The summed E-state index contributed by atoms with van der Waals surface area (Å²) in [4.78, 5) is 14.4. The molecule has 0 saturated carbocycles. The van der Waals surface area contributed by atoms with Gasteiger partial charge in [-0.25, -0.2) is 4.79 Å². The van der Waals surface area contributed by atoms with Crippen molar-refractivity contribution >= 4 is 11.9 Å². The molecule has 0 fully saturated rings. The molecule has 0 radical (unpaired) electrons. The Hall–Kier alpha value is -2.55. The van der Waals surface area contributed by atoms with Gasteiger partial charge in [-0.1, -0.05) is 60.7 Å². The maximum absolute atomic E-state index is 12.7. The molecule has 0 bridgehead atoms. The lowest BCUT2D eigenvalue weighted by Crippen LogP contribution is -2.42. The standard InChI is InChI=1S/C22H27NO2/c1-17(2)23(18(3)4)22(24)25-21(20-13-9-6-10-14-20)16-15-19-11-7-5-8-12-19/h5-14,16-18H,15H2,1-4H3/b21-16-. The Labute approximate surface area is 150 Å². The van der Waals surface area contributed by atoms with Gasteiger partial charge >= 0.3 is 6.09 Å². The molecule has 3 nitrogen and oxygen atoms in total. The number of benzene rings is 2. The van der Waals surface area contributed by atoms with Crippen LogP contribution in [0.25, 0.3) is 5.76 Å². The Morgan fingerprint density at radius 1 is 0.920 bits per heavy atom. The van der Waals surface area contributed by atoms with Gasteiger partial charge in [0.05, 0.1) is 0 Å². The van der Waals surface area contributed by atoms with E-state index < -0.39 is 0 Å². The molecule has 0 heterocycles. The van der Waals surface area contributed by atoms with Gasteiger partial charge in [-0.15, -0.1) is 0 Å². The van der Waals surface area contributed by atoms with Crippen LogP contribution < -0.4 is 0 Å². The van der Waals surface area contributed by atoms with Crippen LogP contribution in [0.1, 0.15) is 38.8 Å². The van der Waals surface area contributed by atoms with Crippen LogP contribution in [0.4, 0.5) is 4.79 Å². The Kier molecular flexibility index (Phi) is 6.81. The lowest BCUT2D eigenvalue weighted by Gasteiger charge is -2.30. The first-order valence-corrected chi connectivity index (χ1v) is 8.78. The Bertz CT molecular complexity index is 682. The highest BCUT2D eigenvalue weighted by molar-refractivity contribution is 5.77. The number of nitrogens with zero attached hydrogens (tertiary/aromatic N) is 1. The first kappa shape index (κ1) is 18.8. The average molecular weight is 337 g/mol. The fraction of sp³-hybridized carbons (Fsp3) is 0.318. The summed E-state index contributed by atoms with van der Waals surface area (Å²) >= 11 is 0. The SMILES string of the molecule is CC(C)N(C(=O)O/C(=C\Cc1ccccc1)c1ccccc1)C(C)C. The molecule has 3 heteroatoms. The van der Waals surface area contributed by atoms with Crippen LogP contribution in [-0.2, 0) is 11.2 Å². The maximum Gasteiger partial charge on any atom is 0.415 e. The lowest BCUT2D eigenvalue weighted by molar-refractivity contribution is 0.114. The second kappa shape index (κ2) is 9.07. The topological polar surface area (TPSA) is 29.5 Å². The van der Waals surface area contributed by atoms with Gasteiger partial charge in [0.1, 0.15) is 5.76 Å². The minimum absolute atomic E-state index is 0.0821. The van der Waals surface area contributed by atoms with E-state index in [0.29, 0.717) is 12.2 Å². The number of allylic oxidation sites excluding steroid dienone is 1. The molecule has 25 heavy (non-hydrogen) atoms. The summed E-state index contributed by atoms with van der Waals surface area (Å²) in [6.45, 7) is 7.99. The van der Waals surface area contributed by atoms with Crippen molar-refractivity contribution in [3.63, 3.8) is 0 Å². The highest BCUT2D eigenvalue weighted by Crippen LogP contribution is 2.20. The number of carbonyl (C=O) groups excluding carboxylic acids is 1. The number of carbonyl (C=O) groups is 1. The molecule has 0 N–H and O–H groups in total. The van der Waals surface area contributed by atoms with E-state index in [9.17, 15) is 4.79 Å². The summed E-state index contributed by atoms with van der Waals surface area (Å²) in [6, 6.07) is 20.1. The highest BCUT2D eigenvalue weighted by Gasteiger charge is 2.23. The first-order chi connectivity index (χ1) is 12.0. The van der Waals surface area contributed by atoms with E-state index in [4.69, 9.17) is 4.74 Å². The van der Waals surface area contributed by atoms with Crippen LogP contribution in [0.3, 0.4) is 0 Å². The van der Waals surface area contributed by atoms with Crippen LogP contribution in [0.15, 0.2) is 66.7 Å². The zero-order valence-corrected chi connectivity index (χ0v) is 15.5. The molecule has 0 aliphatic heterocycles. The first-order valence-electron chi connectivity index (χ1n) is 8.78. The van der Waals surface area contributed by atoms with Gasteiger partial charge in [0.15, 0.2) is 0 Å². The van der Waals surface area contributed by atoms with Crippen LogP contribution in [0.5, 0.6) is 0 Å². The fourth-order valence-corrected chi connectivity index (χ4v) is 2.81.